The Kier molecular flexibility index (Phi) is 8.91. The number of halogens is 2. The van der Waals surface area contributed by atoms with Crippen LogP contribution in [0.5, 0.6) is 11.5 Å². The van der Waals surface area contributed by atoms with Crippen LogP contribution in [-0.2, 0) is 16.0 Å². The standard InChI is InChI=1S/C25H31Cl2N3O4/c1-16(2)24(28-23(31)13-17-5-7-18(33-3)8-6-17)25(32)30-11-9-29(10-12-30)21-15-22(34-4)20(27)14-19(21)26/h5-8,14-16,24H,9-13H2,1-4H3,(H,28,31). The lowest BCUT2D eigenvalue weighted by Gasteiger charge is -2.38. The summed E-state index contributed by atoms with van der Waals surface area (Å²) >= 11 is 12.6. The zero-order valence-electron chi connectivity index (χ0n) is 19.9. The molecule has 0 bridgehead atoms. The molecule has 0 spiro atoms. The molecule has 1 N–H and O–H groups in total. The van der Waals surface area contributed by atoms with E-state index in [0.717, 1.165) is 17.0 Å². The highest BCUT2D eigenvalue weighted by Crippen LogP contribution is 2.36. The number of hydrogen-bond acceptors (Lipinski definition) is 5. The molecule has 184 valence electrons. The third kappa shape index (κ3) is 6.27. The molecule has 2 aromatic rings. The molecule has 3 rings (SSSR count). The van der Waals surface area contributed by atoms with E-state index in [2.05, 4.69) is 10.2 Å². The smallest absolute Gasteiger partial charge is 0.245 e. The van der Waals surface area contributed by atoms with Crippen molar-refractivity contribution in [1.29, 1.82) is 0 Å². The molecule has 7 nitrogen and oxygen atoms in total. The van der Waals surface area contributed by atoms with Crippen LogP contribution in [0.3, 0.4) is 0 Å². The van der Waals surface area contributed by atoms with Crippen molar-refractivity contribution >= 4 is 40.7 Å². The minimum absolute atomic E-state index is 0.0414. The average Bonchev–Trinajstić information content (AvgIpc) is 2.83. The molecule has 34 heavy (non-hydrogen) atoms. The number of rotatable bonds is 8. The zero-order chi connectivity index (χ0) is 24.8. The van der Waals surface area contributed by atoms with E-state index in [1.165, 1.54) is 0 Å². The van der Waals surface area contributed by atoms with Crippen molar-refractivity contribution in [3.05, 3.63) is 52.0 Å². The zero-order valence-corrected chi connectivity index (χ0v) is 21.4. The maximum atomic E-state index is 13.3. The molecule has 1 heterocycles. The molecule has 1 aliphatic heterocycles. The fourth-order valence-corrected chi connectivity index (χ4v) is 4.53. The predicted octanol–water partition coefficient (Wildman–Crippen LogP) is 4.04. The monoisotopic (exact) mass is 507 g/mol. The van der Waals surface area contributed by atoms with Gasteiger partial charge in [0.05, 0.1) is 36.4 Å². The normalized spacial score (nSPS) is 14.7. The van der Waals surface area contributed by atoms with Gasteiger partial charge in [0.2, 0.25) is 11.8 Å². The summed E-state index contributed by atoms with van der Waals surface area (Å²) in [5.74, 6) is 0.990. The summed E-state index contributed by atoms with van der Waals surface area (Å²) in [5.41, 5.74) is 1.68. The van der Waals surface area contributed by atoms with E-state index < -0.39 is 6.04 Å². The van der Waals surface area contributed by atoms with Crippen molar-refractivity contribution in [2.75, 3.05) is 45.3 Å². The predicted molar refractivity (Wildman–Crippen MR) is 135 cm³/mol. The molecule has 1 unspecified atom stereocenters. The number of methoxy groups -OCH3 is 2. The number of anilines is 1. The summed E-state index contributed by atoms with van der Waals surface area (Å²) in [5, 5.41) is 3.93. The van der Waals surface area contributed by atoms with Crippen molar-refractivity contribution in [3.63, 3.8) is 0 Å². The third-order valence-corrected chi connectivity index (χ3v) is 6.52. The van der Waals surface area contributed by atoms with E-state index in [-0.39, 0.29) is 24.2 Å². The molecule has 0 radical (unpaired) electrons. The van der Waals surface area contributed by atoms with Gasteiger partial charge in [-0.1, -0.05) is 49.2 Å². The molecule has 1 fully saturated rings. The Morgan fingerprint density at radius 1 is 0.971 bits per heavy atom. The fraction of sp³-hybridized carbons (Fsp3) is 0.440. The van der Waals surface area contributed by atoms with Gasteiger partial charge in [-0.15, -0.1) is 0 Å². The maximum absolute atomic E-state index is 13.3. The van der Waals surface area contributed by atoms with Gasteiger partial charge in [0, 0.05) is 32.2 Å². The van der Waals surface area contributed by atoms with Crippen LogP contribution < -0.4 is 19.7 Å². The summed E-state index contributed by atoms with van der Waals surface area (Å²) in [6, 6.07) is 10.2. The Morgan fingerprint density at radius 2 is 1.62 bits per heavy atom. The molecule has 2 aromatic carbocycles. The molecule has 9 heteroatoms. The Morgan fingerprint density at radius 3 is 2.18 bits per heavy atom. The first kappa shape index (κ1) is 26.0. The average molecular weight is 508 g/mol. The van der Waals surface area contributed by atoms with Gasteiger partial charge in [-0.25, -0.2) is 0 Å². The molecular weight excluding hydrogens is 477 g/mol. The van der Waals surface area contributed by atoms with E-state index in [1.54, 1.807) is 25.2 Å². The lowest BCUT2D eigenvalue weighted by atomic mass is 10.0. The lowest BCUT2D eigenvalue weighted by Crippen LogP contribution is -2.56. The van der Waals surface area contributed by atoms with Crippen LogP contribution in [0.25, 0.3) is 0 Å². The van der Waals surface area contributed by atoms with Gasteiger partial charge >= 0.3 is 0 Å². The fourth-order valence-electron chi connectivity index (χ4n) is 3.95. The minimum Gasteiger partial charge on any atom is -0.497 e. The van der Waals surface area contributed by atoms with Gasteiger partial charge in [0.1, 0.15) is 17.5 Å². The Labute approximate surface area is 210 Å². The molecule has 1 atom stereocenters. The van der Waals surface area contributed by atoms with Crippen LogP contribution in [0.4, 0.5) is 5.69 Å². The second-order valence-electron chi connectivity index (χ2n) is 8.56. The van der Waals surface area contributed by atoms with Crippen molar-refractivity contribution in [1.82, 2.24) is 10.2 Å². The Hall–Kier alpha value is -2.64. The molecule has 2 amide bonds. The molecule has 0 aliphatic carbocycles. The molecule has 1 aliphatic rings. The highest BCUT2D eigenvalue weighted by molar-refractivity contribution is 6.37. The van der Waals surface area contributed by atoms with Gasteiger partial charge in [-0.3, -0.25) is 9.59 Å². The molecular formula is C25H31Cl2N3O4. The first-order valence-electron chi connectivity index (χ1n) is 11.2. The highest BCUT2D eigenvalue weighted by Gasteiger charge is 2.31. The van der Waals surface area contributed by atoms with E-state index in [0.29, 0.717) is 42.0 Å². The minimum atomic E-state index is -0.587. The summed E-state index contributed by atoms with van der Waals surface area (Å²) in [4.78, 5) is 29.9. The third-order valence-electron chi connectivity index (χ3n) is 5.93. The van der Waals surface area contributed by atoms with Crippen molar-refractivity contribution in [2.45, 2.75) is 26.3 Å². The number of nitrogens with one attached hydrogen (secondary N) is 1. The van der Waals surface area contributed by atoms with Gasteiger partial charge in [-0.05, 0) is 29.7 Å². The van der Waals surface area contributed by atoms with E-state index >= 15 is 0 Å². The van der Waals surface area contributed by atoms with Crippen molar-refractivity contribution in [3.8, 4) is 11.5 Å². The second kappa shape index (κ2) is 11.7. The van der Waals surface area contributed by atoms with Gasteiger partial charge < -0.3 is 24.6 Å². The SMILES string of the molecule is COc1ccc(CC(=O)NC(C(=O)N2CCN(c3cc(OC)c(Cl)cc3Cl)CC2)C(C)C)cc1. The van der Waals surface area contributed by atoms with E-state index in [9.17, 15) is 9.59 Å². The van der Waals surface area contributed by atoms with Gasteiger partial charge in [0.15, 0.2) is 0 Å². The number of nitrogens with zero attached hydrogens (tertiary/aromatic N) is 2. The Balaban J connectivity index is 1.60. The second-order valence-corrected chi connectivity index (χ2v) is 9.38. The van der Waals surface area contributed by atoms with Crippen molar-refractivity contribution in [2.24, 2.45) is 5.92 Å². The van der Waals surface area contributed by atoms with Crippen LogP contribution in [0.1, 0.15) is 19.4 Å². The van der Waals surface area contributed by atoms with E-state index in [4.69, 9.17) is 32.7 Å². The Bertz CT molecular complexity index is 1010. The number of benzene rings is 2. The summed E-state index contributed by atoms with van der Waals surface area (Å²) < 4.78 is 10.5. The van der Waals surface area contributed by atoms with Gasteiger partial charge in [-0.2, -0.15) is 0 Å². The van der Waals surface area contributed by atoms with Crippen LogP contribution in [0.2, 0.25) is 10.0 Å². The van der Waals surface area contributed by atoms with Crippen molar-refractivity contribution < 1.29 is 19.1 Å². The topological polar surface area (TPSA) is 71.1 Å². The first-order chi connectivity index (χ1) is 16.2. The number of carbonyl (C=O) groups is 2. The first-order valence-corrected chi connectivity index (χ1v) is 12.0. The van der Waals surface area contributed by atoms with Crippen LogP contribution in [-0.4, -0.2) is 63.2 Å². The summed E-state index contributed by atoms with van der Waals surface area (Å²) in [7, 11) is 3.16. The number of carbonyl (C=O) groups excluding carboxylic acids is 2. The quantitative estimate of drug-likeness (QED) is 0.583. The lowest BCUT2D eigenvalue weighted by molar-refractivity contribution is -0.137. The largest absolute Gasteiger partial charge is 0.497 e. The van der Waals surface area contributed by atoms with Crippen LogP contribution >= 0.6 is 23.2 Å². The van der Waals surface area contributed by atoms with E-state index in [1.807, 2.05) is 44.2 Å². The maximum Gasteiger partial charge on any atom is 0.245 e. The van der Waals surface area contributed by atoms with Crippen LogP contribution in [0, 0.1) is 5.92 Å². The molecule has 0 saturated carbocycles. The number of piperazine rings is 1. The number of amides is 2. The highest BCUT2D eigenvalue weighted by atomic mass is 35.5. The number of ether oxygens (including phenoxy) is 2. The van der Waals surface area contributed by atoms with Gasteiger partial charge in [0.25, 0.3) is 0 Å². The number of hydrogen-bond donors (Lipinski definition) is 1. The molecule has 1 saturated heterocycles. The summed E-state index contributed by atoms with van der Waals surface area (Å²) in [6.45, 7) is 6.15. The summed E-state index contributed by atoms with van der Waals surface area (Å²) in [6.07, 6.45) is 0.200. The van der Waals surface area contributed by atoms with Crippen LogP contribution in [0.15, 0.2) is 36.4 Å². The molecule has 0 aromatic heterocycles.